The van der Waals surface area contributed by atoms with E-state index in [4.69, 9.17) is 4.74 Å². The van der Waals surface area contributed by atoms with Gasteiger partial charge in [0, 0.05) is 32.0 Å². The molecule has 0 fully saturated rings. The van der Waals surface area contributed by atoms with Crippen LogP contribution < -0.4 is 15.0 Å². The summed E-state index contributed by atoms with van der Waals surface area (Å²) in [5.74, 6) is 1.31. The predicted octanol–water partition coefficient (Wildman–Crippen LogP) is 2.30. The monoisotopic (exact) mass is 328 g/mol. The maximum atomic E-state index is 12.2. The fourth-order valence-electron chi connectivity index (χ4n) is 2.43. The van der Waals surface area contributed by atoms with Gasteiger partial charge in [0.25, 0.3) is 5.91 Å². The Balaban J connectivity index is 1.90. The van der Waals surface area contributed by atoms with Crippen LogP contribution in [0.3, 0.4) is 0 Å². The minimum atomic E-state index is -0.170. The topological polar surface area (TPSA) is 67.4 Å². The highest BCUT2D eigenvalue weighted by molar-refractivity contribution is 5.93. The van der Waals surface area contributed by atoms with Gasteiger partial charge < -0.3 is 15.0 Å². The summed E-state index contributed by atoms with van der Waals surface area (Å²) in [6.45, 7) is 6.29. The Kier molecular flexibility index (Phi) is 6.54. The number of nitrogens with zero attached hydrogens (tertiary/aromatic N) is 3. The van der Waals surface area contributed by atoms with Crippen LogP contribution in [0.2, 0.25) is 0 Å². The average molecular weight is 328 g/mol. The van der Waals surface area contributed by atoms with E-state index in [-0.39, 0.29) is 5.91 Å². The third kappa shape index (κ3) is 4.44. The molecule has 24 heavy (non-hydrogen) atoms. The summed E-state index contributed by atoms with van der Waals surface area (Å²) in [7, 11) is 1.65. The molecule has 6 nitrogen and oxygen atoms in total. The minimum absolute atomic E-state index is 0.170. The molecule has 0 saturated carbocycles. The van der Waals surface area contributed by atoms with Crippen molar-refractivity contribution in [3.05, 3.63) is 47.8 Å². The third-order valence-corrected chi connectivity index (χ3v) is 3.82. The number of hydrogen-bond donors (Lipinski definition) is 1. The van der Waals surface area contributed by atoms with E-state index < -0.39 is 0 Å². The Labute approximate surface area is 142 Å². The summed E-state index contributed by atoms with van der Waals surface area (Å²) in [6.07, 6.45) is 3.84. The normalized spacial score (nSPS) is 10.3. The maximum Gasteiger partial charge on any atom is 0.254 e. The molecule has 0 aliphatic carbocycles. The number of anilines is 1. The fourth-order valence-corrected chi connectivity index (χ4v) is 2.43. The fraction of sp³-hybridized carbons (Fsp3) is 0.389. The van der Waals surface area contributed by atoms with Crippen LogP contribution in [0.4, 0.5) is 5.95 Å². The Morgan fingerprint density at radius 1 is 1.17 bits per heavy atom. The zero-order valence-electron chi connectivity index (χ0n) is 14.5. The van der Waals surface area contributed by atoms with Crippen molar-refractivity contribution < 1.29 is 9.53 Å². The van der Waals surface area contributed by atoms with E-state index in [1.54, 1.807) is 19.5 Å². The second-order valence-electron chi connectivity index (χ2n) is 5.26. The quantitative estimate of drug-likeness (QED) is 0.805. The summed E-state index contributed by atoms with van der Waals surface area (Å²) in [6, 6.07) is 7.79. The molecular weight excluding hydrogens is 304 g/mol. The van der Waals surface area contributed by atoms with Gasteiger partial charge in [-0.2, -0.15) is 0 Å². The lowest BCUT2D eigenvalue weighted by molar-refractivity contribution is 0.0953. The second-order valence-corrected chi connectivity index (χ2v) is 5.26. The van der Waals surface area contributed by atoms with Gasteiger partial charge in [-0.3, -0.25) is 4.79 Å². The molecule has 0 aliphatic heterocycles. The molecule has 2 rings (SSSR count). The van der Waals surface area contributed by atoms with Crippen LogP contribution in [0.25, 0.3) is 0 Å². The smallest absolute Gasteiger partial charge is 0.254 e. The SMILES string of the molecule is CCN(CC)c1ncc(C(=O)NCCc2ccccc2OC)cn1. The number of hydrogen-bond acceptors (Lipinski definition) is 5. The van der Waals surface area contributed by atoms with Gasteiger partial charge in [0.05, 0.1) is 12.7 Å². The van der Waals surface area contributed by atoms with E-state index in [1.165, 1.54) is 0 Å². The van der Waals surface area contributed by atoms with E-state index in [0.717, 1.165) is 24.4 Å². The molecule has 1 heterocycles. The average Bonchev–Trinajstić information content (AvgIpc) is 2.63. The molecule has 1 aromatic heterocycles. The lowest BCUT2D eigenvalue weighted by Crippen LogP contribution is -2.27. The highest BCUT2D eigenvalue weighted by Gasteiger charge is 2.10. The van der Waals surface area contributed by atoms with Gasteiger partial charge in [-0.05, 0) is 31.9 Å². The second kappa shape index (κ2) is 8.86. The highest BCUT2D eigenvalue weighted by atomic mass is 16.5. The molecule has 128 valence electrons. The maximum absolute atomic E-state index is 12.2. The molecule has 0 unspecified atom stereocenters. The number of carbonyl (C=O) groups excluding carboxylic acids is 1. The molecule has 1 aromatic carbocycles. The first-order valence-corrected chi connectivity index (χ1v) is 8.16. The van der Waals surface area contributed by atoms with E-state index in [0.29, 0.717) is 24.5 Å². The first-order chi connectivity index (χ1) is 11.7. The van der Waals surface area contributed by atoms with Gasteiger partial charge in [-0.1, -0.05) is 18.2 Å². The van der Waals surface area contributed by atoms with Crippen LogP contribution in [0.15, 0.2) is 36.7 Å². The standard InChI is InChI=1S/C18H24N4O2/c1-4-22(5-2)18-20-12-15(13-21-18)17(23)19-11-10-14-8-6-7-9-16(14)24-3/h6-9,12-13H,4-5,10-11H2,1-3H3,(H,19,23). The number of amides is 1. The summed E-state index contributed by atoms with van der Waals surface area (Å²) >= 11 is 0. The summed E-state index contributed by atoms with van der Waals surface area (Å²) < 4.78 is 5.31. The van der Waals surface area contributed by atoms with Gasteiger partial charge in [-0.15, -0.1) is 0 Å². The molecule has 1 N–H and O–H groups in total. The van der Waals surface area contributed by atoms with Crippen molar-refractivity contribution in [1.29, 1.82) is 0 Å². The number of benzene rings is 1. The van der Waals surface area contributed by atoms with Gasteiger partial charge in [0.2, 0.25) is 5.95 Å². The minimum Gasteiger partial charge on any atom is -0.496 e. The summed E-state index contributed by atoms with van der Waals surface area (Å²) in [4.78, 5) is 22.7. The summed E-state index contributed by atoms with van der Waals surface area (Å²) in [5, 5.41) is 2.89. The van der Waals surface area contributed by atoms with Crippen molar-refractivity contribution in [2.24, 2.45) is 0 Å². The molecule has 0 atom stereocenters. The molecule has 0 radical (unpaired) electrons. The van der Waals surface area contributed by atoms with Gasteiger partial charge in [0.15, 0.2) is 0 Å². The number of carbonyl (C=O) groups is 1. The number of ether oxygens (including phenoxy) is 1. The van der Waals surface area contributed by atoms with Crippen molar-refractivity contribution in [2.75, 3.05) is 31.6 Å². The molecular formula is C18H24N4O2. The Bertz CT molecular complexity index is 654. The third-order valence-electron chi connectivity index (χ3n) is 3.82. The van der Waals surface area contributed by atoms with Crippen LogP contribution in [0.5, 0.6) is 5.75 Å². The Morgan fingerprint density at radius 2 is 1.83 bits per heavy atom. The zero-order valence-corrected chi connectivity index (χ0v) is 14.5. The number of methoxy groups -OCH3 is 1. The molecule has 0 aliphatic rings. The van der Waals surface area contributed by atoms with Crippen molar-refractivity contribution in [2.45, 2.75) is 20.3 Å². The van der Waals surface area contributed by atoms with Crippen molar-refractivity contribution in [3.63, 3.8) is 0 Å². The Hall–Kier alpha value is -2.63. The largest absolute Gasteiger partial charge is 0.496 e. The molecule has 6 heteroatoms. The van der Waals surface area contributed by atoms with E-state index in [1.807, 2.05) is 43.0 Å². The lowest BCUT2D eigenvalue weighted by atomic mass is 10.1. The van der Waals surface area contributed by atoms with Crippen molar-refractivity contribution >= 4 is 11.9 Å². The van der Waals surface area contributed by atoms with Crippen LogP contribution in [-0.2, 0) is 6.42 Å². The van der Waals surface area contributed by atoms with Crippen LogP contribution in [0, 0.1) is 0 Å². The number of aromatic nitrogens is 2. The number of para-hydroxylation sites is 1. The van der Waals surface area contributed by atoms with Crippen LogP contribution in [-0.4, -0.2) is 42.6 Å². The number of nitrogens with one attached hydrogen (secondary N) is 1. The zero-order chi connectivity index (χ0) is 17.4. The molecule has 1 amide bonds. The van der Waals surface area contributed by atoms with Crippen molar-refractivity contribution in [1.82, 2.24) is 15.3 Å². The van der Waals surface area contributed by atoms with Crippen molar-refractivity contribution in [3.8, 4) is 5.75 Å². The Morgan fingerprint density at radius 3 is 2.46 bits per heavy atom. The van der Waals surface area contributed by atoms with E-state index >= 15 is 0 Å². The molecule has 0 spiro atoms. The predicted molar refractivity (Wildman–Crippen MR) is 94.6 cm³/mol. The highest BCUT2D eigenvalue weighted by Crippen LogP contribution is 2.17. The van der Waals surface area contributed by atoms with Gasteiger partial charge >= 0.3 is 0 Å². The first kappa shape index (κ1) is 17.7. The lowest BCUT2D eigenvalue weighted by Gasteiger charge is -2.18. The van der Waals surface area contributed by atoms with Gasteiger partial charge in [0.1, 0.15) is 5.75 Å². The van der Waals surface area contributed by atoms with Crippen LogP contribution in [0.1, 0.15) is 29.8 Å². The van der Waals surface area contributed by atoms with Gasteiger partial charge in [-0.25, -0.2) is 9.97 Å². The molecule has 0 saturated heterocycles. The first-order valence-electron chi connectivity index (χ1n) is 8.16. The number of rotatable bonds is 8. The van der Waals surface area contributed by atoms with E-state index in [9.17, 15) is 4.79 Å². The molecule has 2 aromatic rings. The van der Waals surface area contributed by atoms with E-state index in [2.05, 4.69) is 15.3 Å². The summed E-state index contributed by atoms with van der Waals surface area (Å²) in [5.41, 5.74) is 1.53. The van der Waals surface area contributed by atoms with Crippen LogP contribution >= 0.6 is 0 Å². The molecule has 0 bridgehead atoms.